The summed E-state index contributed by atoms with van der Waals surface area (Å²) in [5.41, 5.74) is 3.22. The summed E-state index contributed by atoms with van der Waals surface area (Å²) in [4.78, 5) is 0. The van der Waals surface area contributed by atoms with Crippen molar-refractivity contribution in [3.63, 3.8) is 0 Å². The van der Waals surface area contributed by atoms with Crippen molar-refractivity contribution in [2.75, 3.05) is 7.11 Å². The zero-order valence-electron chi connectivity index (χ0n) is 15.6. The SMILES string of the molecule is CCc1n[nH]c(=S)n1/N=C\c1ccc(OCc2ccccc2C)c(OC)c1. The Hall–Kier alpha value is -2.93. The van der Waals surface area contributed by atoms with Crippen LogP contribution in [0.15, 0.2) is 47.6 Å². The number of hydrogen-bond acceptors (Lipinski definition) is 5. The summed E-state index contributed by atoms with van der Waals surface area (Å²) < 4.78 is 13.5. The van der Waals surface area contributed by atoms with Crippen LogP contribution >= 0.6 is 12.2 Å². The summed E-state index contributed by atoms with van der Waals surface area (Å²) in [7, 11) is 1.62. The van der Waals surface area contributed by atoms with Crippen molar-refractivity contribution < 1.29 is 9.47 Å². The van der Waals surface area contributed by atoms with Crippen LogP contribution in [-0.4, -0.2) is 28.2 Å². The predicted molar refractivity (Wildman–Crippen MR) is 108 cm³/mol. The third kappa shape index (κ3) is 4.43. The van der Waals surface area contributed by atoms with Gasteiger partial charge < -0.3 is 9.47 Å². The second kappa shape index (κ2) is 8.64. The summed E-state index contributed by atoms with van der Waals surface area (Å²) in [6, 6.07) is 13.8. The molecular weight excluding hydrogens is 360 g/mol. The fraction of sp³-hybridized carbons (Fsp3) is 0.250. The Labute approximate surface area is 163 Å². The van der Waals surface area contributed by atoms with Crippen LogP contribution in [0, 0.1) is 11.7 Å². The molecule has 6 nitrogen and oxygen atoms in total. The molecule has 0 spiro atoms. The third-order valence-corrected chi connectivity index (χ3v) is 4.45. The predicted octanol–water partition coefficient (Wildman–Crippen LogP) is 4.28. The number of aromatic nitrogens is 3. The first kappa shape index (κ1) is 18.8. The van der Waals surface area contributed by atoms with Crippen LogP contribution in [0.1, 0.15) is 29.4 Å². The van der Waals surface area contributed by atoms with E-state index in [0.717, 1.165) is 23.4 Å². The largest absolute Gasteiger partial charge is 0.493 e. The molecule has 1 aromatic heterocycles. The number of aromatic amines is 1. The summed E-state index contributed by atoms with van der Waals surface area (Å²) in [6.45, 7) is 4.56. The highest BCUT2D eigenvalue weighted by atomic mass is 32.1. The molecule has 0 aliphatic carbocycles. The minimum Gasteiger partial charge on any atom is -0.493 e. The molecule has 0 amide bonds. The normalized spacial score (nSPS) is 11.1. The second-order valence-corrected chi connectivity index (χ2v) is 6.37. The van der Waals surface area contributed by atoms with Crippen molar-refractivity contribution in [2.24, 2.45) is 5.10 Å². The van der Waals surface area contributed by atoms with E-state index in [1.54, 1.807) is 18.0 Å². The average Bonchev–Trinajstić information content (AvgIpc) is 3.05. The molecule has 0 saturated heterocycles. The highest BCUT2D eigenvalue weighted by molar-refractivity contribution is 7.71. The van der Waals surface area contributed by atoms with Crippen molar-refractivity contribution in [3.8, 4) is 11.5 Å². The maximum Gasteiger partial charge on any atom is 0.216 e. The highest BCUT2D eigenvalue weighted by Gasteiger charge is 2.07. The molecule has 3 rings (SSSR count). The minimum atomic E-state index is 0.466. The third-order valence-electron chi connectivity index (χ3n) is 4.19. The molecule has 0 fully saturated rings. The fourth-order valence-corrected chi connectivity index (χ4v) is 2.81. The van der Waals surface area contributed by atoms with Gasteiger partial charge in [-0.2, -0.15) is 14.9 Å². The number of H-pyrrole nitrogens is 1. The number of methoxy groups -OCH3 is 1. The van der Waals surface area contributed by atoms with Crippen LogP contribution in [0.2, 0.25) is 0 Å². The molecule has 27 heavy (non-hydrogen) atoms. The van der Waals surface area contributed by atoms with Crippen molar-refractivity contribution in [1.29, 1.82) is 0 Å². The number of rotatable bonds is 7. The quantitative estimate of drug-likeness (QED) is 0.489. The van der Waals surface area contributed by atoms with E-state index >= 15 is 0 Å². The van der Waals surface area contributed by atoms with Gasteiger partial charge in [0.1, 0.15) is 6.61 Å². The Morgan fingerprint density at radius 3 is 2.78 bits per heavy atom. The Balaban J connectivity index is 1.78. The molecule has 0 unspecified atom stereocenters. The van der Waals surface area contributed by atoms with Crippen LogP contribution in [-0.2, 0) is 13.0 Å². The van der Waals surface area contributed by atoms with Gasteiger partial charge in [0.25, 0.3) is 0 Å². The fourth-order valence-electron chi connectivity index (χ4n) is 2.61. The van der Waals surface area contributed by atoms with Crippen molar-refractivity contribution >= 4 is 18.4 Å². The first-order valence-electron chi connectivity index (χ1n) is 8.68. The number of ether oxygens (including phenoxy) is 2. The Morgan fingerprint density at radius 2 is 2.04 bits per heavy atom. The zero-order valence-corrected chi connectivity index (χ0v) is 16.4. The maximum absolute atomic E-state index is 5.95. The van der Waals surface area contributed by atoms with Gasteiger partial charge in [-0.1, -0.05) is 31.2 Å². The van der Waals surface area contributed by atoms with Crippen LogP contribution < -0.4 is 9.47 Å². The molecule has 0 saturated carbocycles. The van der Waals surface area contributed by atoms with Gasteiger partial charge in [0, 0.05) is 6.42 Å². The molecule has 0 aliphatic rings. The molecule has 0 radical (unpaired) electrons. The summed E-state index contributed by atoms with van der Waals surface area (Å²) in [6.07, 6.45) is 2.46. The number of nitrogens with one attached hydrogen (secondary N) is 1. The Bertz CT molecular complexity index is 1010. The molecule has 3 aromatic rings. The monoisotopic (exact) mass is 382 g/mol. The summed E-state index contributed by atoms with van der Waals surface area (Å²) in [5, 5.41) is 11.3. The van der Waals surface area contributed by atoms with E-state index in [0.29, 0.717) is 22.9 Å². The molecule has 0 bridgehead atoms. The van der Waals surface area contributed by atoms with Gasteiger partial charge in [0.2, 0.25) is 4.77 Å². The number of nitrogens with zero attached hydrogens (tertiary/aromatic N) is 3. The van der Waals surface area contributed by atoms with Gasteiger partial charge >= 0.3 is 0 Å². The molecule has 140 valence electrons. The number of benzene rings is 2. The molecular formula is C20H22N4O2S. The van der Waals surface area contributed by atoms with Gasteiger partial charge in [-0.15, -0.1) is 0 Å². The molecule has 1 N–H and O–H groups in total. The Morgan fingerprint density at radius 1 is 1.22 bits per heavy atom. The van der Waals surface area contributed by atoms with Crippen molar-refractivity contribution in [2.45, 2.75) is 26.9 Å². The lowest BCUT2D eigenvalue weighted by Gasteiger charge is -2.12. The van der Waals surface area contributed by atoms with Crippen LogP contribution in [0.5, 0.6) is 11.5 Å². The van der Waals surface area contributed by atoms with E-state index in [-0.39, 0.29) is 0 Å². The van der Waals surface area contributed by atoms with E-state index in [4.69, 9.17) is 21.7 Å². The van der Waals surface area contributed by atoms with Crippen molar-refractivity contribution in [3.05, 3.63) is 69.8 Å². The molecule has 0 aliphatic heterocycles. The molecule has 1 heterocycles. The van der Waals surface area contributed by atoms with E-state index in [1.165, 1.54) is 5.56 Å². The van der Waals surface area contributed by atoms with E-state index < -0.39 is 0 Å². The summed E-state index contributed by atoms with van der Waals surface area (Å²) in [5.74, 6) is 2.12. The van der Waals surface area contributed by atoms with E-state index in [1.807, 2.05) is 37.3 Å². The molecule has 0 atom stereocenters. The first-order valence-corrected chi connectivity index (χ1v) is 9.09. The summed E-state index contributed by atoms with van der Waals surface area (Å²) >= 11 is 5.20. The lowest BCUT2D eigenvalue weighted by Crippen LogP contribution is -2.00. The van der Waals surface area contributed by atoms with Gasteiger partial charge in [-0.05, 0) is 54.0 Å². The minimum absolute atomic E-state index is 0.466. The van der Waals surface area contributed by atoms with Gasteiger partial charge in [0.15, 0.2) is 17.3 Å². The number of aryl methyl sites for hydroxylation is 2. The smallest absolute Gasteiger partial charge is 0.216 e. The number of hydrogen-bond donors (Lipinski definition) is 1. The van der Waals surface area contributed by atoms with Crippen LogP contribution in [0.3, 0.4) is 0 Å². The van der Waals surface area contributed by atoms with Crippen molar-refractivity contribution in [1.82, 2.24) is 14.9 Å². The second-order valence-electron chi connectivity index (χ2n) is 5.98. The van der Waals surface area contributed by atoms with Gasteiger partial charge in [-0.25, -0.2) is 0 Å². The van der Waals surface area contributed by atoms with Gasteiger partial charge in [0.05, 0.1) is 13.3 Å². The van der Waals surface area contributed by atoms with E-state index in [9.17, 15) is 0 Å². The lowest BCUT2D eigenvalue weighted by molar-refractivity contribution is 0.284. The van der Waals surface area contributed by atoms with Gasteiger partial charge in [-0.3, -0.25) is 5.10 Å². The van der Waals surface area contributed by atoms with E-state index in [2.05, 4.69) is 34.4 Å². The average molecular weight is 382 g/mol. The topological polar surface area (TPSA) is 64.4 Å². The Kier molecular flexibility index (Phi) is 6.03. The molecule has 2 aromatic carbocycles. The highest BCUT2D eigenvalue weighted by Crippen LogP contribution is 2.28. The standard InChI is InChI=1S/C20H22N4O2S/c1-4-19-22-23-20(27)24(19)21-12-15-9-10-17(18(11-15)25-3)26-13-16-8-6-5-7-14(16)2/h5-12H,4,13H2,1-3H3,(H,23,27)/b21-12-. The lowest BCUT2D eigenvalue weighted by atomic mass is 10.1. The maximum atomic E-state index is 5.95. The van der Waals surface area contributed by atoms with Crippen LogP contribution in [0.4, 0.5) is 0 Å². The zero-order chi connectivity index (χ0) is 19.2. The molecule has 7 heteroatoms. The van der Waals surface area contributed by atoms with Crippen LogP contribution in [0.25, 0.3) is 0 Å². The first-order chi connectivity index (χ1) is 13.1.